The number of nitrogens with zero attached hydrogens (tertiary/aromatic N) is 2. The van der Waals surface area contributed by atoms with Crippen LogP contribution in [0, 0.1) is 18.8 Å². The van der Waals surface area contributed by atoms with Gasteiger partial charge in [-0.15, -0.1) is 0 Å². The van der Waals surface area contributed by atoms with E-state index in [2.05, 4.69) is 12.1 Å². The lowest BCUT2D eigenvalue weighted by Gasteiger charge is -2.38. The second-order valence-electron chi connectivity index (χ2n) is 9.92. The number of rotatable bonds is 4. The molecule has 174 valence electrons. The summed E-state index contributed by atoms with van der Waals surface area (Å²) in [5.74, 6) is -1.81. The molecule has 4 heterocycles. The predicted molar refractivity (Wildman–Crippen MR) is 128 cm³/mol. The van der Waals surface area contributed by atoms with Crippen LogP contribution < -0.4 is 4.90 Å². The van der Waals surface area contributed by atoms with E-state index >= 15 is 0 Å². The minimum absolute atomic E-state index is 0.113. The summed E-state index contributed by atoms with van der Waals surface area (Å²) in [7, 11) is 0. The first-order valence-corrected chi connectivity index (χ1v) is 12.1. The lowest BCUT2D eigenvalue weighted by molar-refractivity contribution is -0.142. The normalized spacial score (nSPS) is 29.7. The smallest absolute Gasteiger partial charge is 0.235 e. The fourth-order valence-electron chi connectivity index (χ4n) is 6.26. The summed E-state index contributed by atoms with van der Waals surface area (Å²) in [6, 6.07) is 14.2. The molecule has 0 spiro atoms. The van der Waals surface area contributed by atoms with Gasteiger partial charge in [-0.1, -0.05) is 48.0 Å². The summed E-state index contributed by atoms with van der Waals surface area (Å²) in [5, 5.41) is 0. The number of likely N-dealkylation sites (tertiary alicyclic amines) is 1. The van der Waals surface area contributed by atoms with Gasteiger partial charge in [-0.25, -0.2) is 0 Å². The third-order valence-electron chi connectivity index (χ3n) is 7.83. The van der Waals surface area contributed by atoms with E-state index in [1.54, 1.807) is 12.1 Å². The van der Waals surface area contributed by atoms with Crippen LogP contribution in [-0.4, -0.2) is 53.8 Å². The number of ketones is 1. The Morgan fingerprint density at radius 3 is 2.53 bits per heavy atom. The van der Waals surface area contributed by atoms with Crippen molar-refractivity contribution in [1.29, 1.82) is 0 Å². The van der Waals surface area contributed by atoms with Gasteiger partial charge in [0.05, 0.1) is 30.5 Å². The molecular formula is C28H28N2O4. The van der Waals surface area contributed by atoms with E-state index < -0.39 is 17.9 Å². The molecule has 0 aromatic heterocycles. The van der Waals surface area contributed by atoms with E-state index in [0.29, 0.717) is 12.2 Å². The first-order valence-electron chi connectivity index (χ1n) is 12.1. The fourth-order valence-corrected chi connectivity index (χ4v) is 6.26. The highest BCUT2D eigenvalue weighted by molar-refractivity contribution is 6.14. The van der Waals surface area contributed by atoms with E-state index in [9.17, 15) is 14.4 Å². The third kappa shape index (κ3) is 3.08. The minimum Gasteiger partial charge on any atom is -0.376 e. The molecule has 2 amide bonds. The Morgan fingerprint density at radius 1 is 1.03 bits per heavy atom. The summed E-state index contributed by atoms with van der Waals surface area (Å²) >= 11 is 0. The second kappa shape index (κ2) is 7.91. The molecule has 0 saturated carbocycles. The monoisotopic (exact) mass is 456 g/mol. The summed E-state index contributed by atoms with van der Waals surface area (Å²) in [4.78, 5) is 44.8. The summed E-state index contributed by atoms with van der Waals surface area (Å²) in [6.45, 7) is 5.03. The van der Waals surface area contributed by atoms with Crippen LogP contribution in [0.25, 0.3) is 5.57 Å². The number of Topliss-reactive ketones (excluding diaryl/α,β-unsaturated/α-hetero) is 1. The van der Waals surface area contributed by atoms with Crippen LogP contribution >= 0.6 is 0 Å². The van der Waals surface area contributed by atoms with Gasteiger partial charge in [0, 0.05) is 23.4 Å². The van der Waals surface area contributed by atoms with Gasteiger partial charge in [-0.05, 0) is 44.4 Å². The van der Waals surface area contributed by atoms with Crippen molar-refractivity contribution < 1.29 is 19.1 Å². The molecule has 5 atom stereocenters. The molecule has 0 bridgehead atoms. The van der Waals surface area contributed by atoms with Crippen LogP contribution in [-0.2, 0) is 14.3 Å². The van der Waals surface area contributed by atoms with Crippen LogP contribution in [0.2, 0.25) is 0 Å². The topological polar surface area (TPSA) is 66.9 Å². The lowest BCUT2D eigenvalue weighted by Crippen LogP contribution is -2.49. The van der Waals surface area contributed by atoms with Crippen LogP contribution in [0.4, 0.5) is 5.69 Å². The van der Waals surface area contributed by atoms with Gasteiger partial charge in [-0.2, -0.15) is 0 Å². The van der Waals surface area contributed by atoms with Crippen molar-refractivity contribution in [1.82, 2.24) is 4.90 Å². The number of anilines is 1. The summed E-state index contributed by atoms with van der Waals surface area (Å²) in [6.07, 6.45) is 3.76. The molecular weight excluding hydrogens is 428 g/mol. The van der Waals surface area contributed by atoms with Crippen molar-refractivity contribution in [3.63, 3.8) is 0 Å². The Morgan fingerprint density at radius 2 is 1.79 bits per heavy atom. The van der Waals surface area contributed by atoms with Crippen molar-refractivity contribution in [2.75, 3.05) is 18.1 Å². The molecule has 0 aliphatic carbocycles. The number of benzene rings is 2. The summed E-state index contributed by atoms with van der Waals surface area (Å²) in [5.41, 5.74) is 4.74. The number of amides is 2. The number of carbonyl (C=O) groups is 3. The lowest BCUT2D eigenvalue weighted by atomic mass is 9.85. The van der Waals surface area contributed by atoms with Crippen LogP contribution in [0.5, 0.6) is 0 Å². The van der Waals surface area contributed by atoms with Gasteiger partial charge in [0.1, 0.15) is 6.04 Å². The number of allylic oxidation sites excluding steroid dienone is 1. The van der Waals surface area contributed by atoms with E-state index in [4.69, 9.17) is 4.74 Å². The van der Waals surface area contributed by atoms with Crippen molar-refractivity contribution in [3.05, 3.63) is 71.3 Å². The molecule has 2 aromatic carbocycles. The number of aryl methyl sites for hydroxylation is 1. The van der Waals surface area contributed by atoms with Crippen LogP contribution in [0.3, 0.4) is 0 Å². The third-order valence-corrected chi connectivity index (χ3v) is 7.83. The van der Waals surface area contributed by atoms with E-state index in [-0.39, 0.29) is 36.3 Å². The average Bonchev–Trinajstić information content (AvgIpc) is 3.53. The first kappa shape index (κ1) is 21.3. The zero-order valence-electron chi connectivity index (χ0n) is 19.4. The maximum atomic E-state index is 13.9. The number of hydrogen-bond donors (Lipinski definition) is 0. The Labute approximate surface area is 199 Å². The van der Waals surface area contributed by atoms with Crippen LogP contribution in [0.1, 0.15) is 41.3 Å². The van der Waals surface area contributed by atoms with Gasteiger partial charge < -0.3 is 9.64 Å². The Balaban J connectivity index is 1.46. The second-order valence-corrected chi connectivity index (χ2v) is 9.92. The van der Waals surface area contributed by atoms with Gasteiger partial charge >= 0.3 is 0 Å². The van der Waals surface area contributed by atoms with Gasteiger partial charge in [-0.3, -0.25) is 19.3 Å². The molecule has 6 heteroatoms. The highest BCUT2D eigenvalue weighted by Gasteiger charge is 2.64. The highest BCUT2D eigenvalue weighted by atomic mass is 16.5. The van der Waals surface area contributed by atoms with Crippen molar-refractivity contribution in [3.8, 4) is 0 Å². The van der Waals surface area contributed by atoms with E-state index in [1.165, 1.54) is 4.90 Å². The zero-order valence-corrected chi connectivity index (χ0v) is 19.4. The van der Waals surface area contributed by atoms with Crippen molar-refractivity contribution in [2.24, 2.45) is 11.8 Å². The van der Waals surface area contributed by atoms with Gasteiger partial charge in [0.2, 0.25) is 11.8 Å². The average molecular weight is 457 g/mol. The molecule has 5 unspecified atom stereocenters. The number of hydrogen-bond acceptors (Lipinski definition) is 5. The first-order chi connectivity index (χ1) is 16.5. The van der Waals surface area contributed by atoms with Gasteiger partial charge in [0.15, 0.2) is 5.78 Å². The molecule has 3 saturated heterocycles. The molecule has 3 fully saturated rings. The molecule has 0 N–H and O–H groups in total. The molecule has 4 aliphatic rings. The van der Waals surface area contributed by atoms with E-state index in [0.717, 1.165) is 35.2 Å². The zero-order chi connectivity index (χ0) is 23.6. The standard InChI is InChI=1S/C28H28N2O4/c1-16-10-11-21-20(13-16)17(2)14-22-23-24(25(30(21)22)26(31)18-7-4-3-5-8-18)28(33)29(27(23)32)15-19-9-6-12-34-19/h3-5,7-8,10-11,13-14,19,22-25H,6,9,12,15H2,1-2H3. The molecule has 34 heavy (non-hydrogen) atoms. The van der Waals surface area contributed by atoms with Crippen LogP contribution in [0.15, 0.2) is 54.6 Å². The minimum atomic E-state index is -0.728. The van der Waals surface area contributed by atoms with E-state index in [1.807, 2.05) is 49.1 Å². The number of ether oxygens (including phenoxy) is 1. The molecule has 6 rings (SSSR count). The Hall–Kier alpha value is -3.25. The molecule has 2 aromatic rings. The fraction of sp³-hybridized carbons (Fsp3) is 0.393. The highest BCUT2D eigenvalue weighted by Crippen LogP contribution is 2.50. The SMILES string of the molecule is CC1=CC2C3C(=O)N(CC4CCCO4)C(=O)C3C(C(=O)c3ccccc3)N2c2ccc(C)cc21. The maximum absolute atomic E-state index is 13.9. The molecule has 0 radical (unpaired) electrons. The number of carbonyl (C=O) groups excluding carboxylic acids is 3. The van der Waals surface area contributed by atoms with Crippen molar-refractivity contribution in [2.45, 2.75) is 44.9 Å². The van der Waals surface area contributed by atoms with Gasteiger partial charge in [0.25, 0.3) is 0 Å². The number of fused-ring (bicyclic) bond motifs is 5. The Kier molecular flexibility index (Phi) is 4.96. The maximum Gasteiger partial charge on any atom is 0.235 e. The Bertz CT molecular complexity index is 1210. The quantitative estimate of drug-likeness (QED) is 0.519. The molecule has 4 aliphatic heterocycles. The number of imide groups is 1. The summed E-state index contributed by atoms with van der Waals surface area (Å²) < 4.78 is 5.72. The molecule has 6 nitrogen and oxygen atoms in total. The largest absolute Gasteiger partial charge is 0.376 e. The van der Waals surface area contributed by atoms with Crippen molar-refractivity contribution >= 4 is 28.9 Å². The predicted octanol–water partition coefficient (Wildman–Crippen LogP) is 3.63.